The Morgan fingerprint density at radius 1 is 0.811 bits per heavy atom. The molecule has 4 aromatic carbocycles. The number of piperazine rings is 1. The molecular weight excluding hydrogens is 682 g/mol. The van der Waals surface area contributed by atoms with E-state index in [0.717, 1.165) is 48.5 Å². The van der Waals surface area contributed by atoms with Crippen LogP contribution in [0.4, 0.5) is 0 Å². The van der Waals surface area contributed by atoms with Gasteiger partial charge in [0, 0.05) is 51.3 Å². The third-order valence-electron chi connectivity index (χ3n) is 9.50. The van der Waals surface area contributed by atoms with Gasteiger partial charge in [-0.05, 0) is 89.6 Å². The molecule has 53 heavy (non-hydrogen) atoms. The van der Waals surface area contributed by atoms with Crippen LogP contribution in [0.15, 0.2) is 109 Å². The smallest absolute Gasteiger partial charge is 0.246 e. The molecule has 0 N–H and O–H groups in total. The Morgan fingerprint density at radius 3 is 2.17 bits per heavy atom. The fraction of sp³-hybridized carbons (Fsp3) is 0.289. The first-order valence-electron chi connectivity index (χ1n) is 18.3. The molecule has 0 spiro atoms. The summed E-state index contributed by atoms with van der Waals surface area (Å²) in [5.74, 6) is 2.99. The maximum atomic E-state index is 13.1. The van der Waals surface area contributed by atoms with Gasteiger partial charge in [0.15, 0.2) is 0 Å². The normalized spacial score (nSPS) is 13.4. The molecule has 8 heteroatoms. The largest absolute Gasteiger partial charge is 0.493 e. The number of nitrogens with zero attached hydrogens (tertiary/aromatic N) is 3. The van der Waals surface area contributed by atoms with Crippen molar-refractivity contribution in [1.29, 1.82) is 0 Å². The van der Waals surface area contributed by atoms with Crippen LogP contribution < -0.4 is 14.2 Å². The molecule has 5 aromatic rings. The number of ether oxygens (including phenoxy) is 3. The predicted molar refractivity (Wildman–Crippen MR) is 213 cm³/mol. The number of aromatic nitrogens is 1. The Kier molecular flexibility index (Phi) is 12.8. The molecule has 1 aliphatic rings. The van der Waals surface area contributed by atoms with Gasteiger partial charge in [-0.3, -0.25) is 9.69 Å². The lowest BCUT2D eigenvalue weighted by molar-refractivity contribution is -0.127. The highest BCUT2D eigenvalue weighted by molar-refractivity contribution is 6.32. The zero-order valence-corrected chi connectivity index (χ0v) is 31.8. The minimum absolute atomic E-state index is 0.00294. The van der Waals surface area contributed by atoms with Crippen LogP contribution in [-0.4, -0.2) is 53.5 Å². The summed E-state index contributed by atoms with van der Waals surface area (Å²) in [6.45, 7) is 13.4. The summed E-state index contributed by atoms with van der Waals surface area (Å²) in [7, 11) is 0. The van der Waals surface area contributed by atoms with Crippen molar-refractivity contribution in [3.05, 3.63) is 153 Å². The first-order chi connectivity index (χ1) is 25.7. The number of carbonyl (C=O) groups is 1. The number of carbonyl (C=O) groups excluding carboxylic acids is 1. The van der Waals surface area contributed by atoms with E-state index in [1.165, 1.54) is 22.3 Å². The van der Waals surface area contributed by atoms with E-state index in [9.17, 15) is 4.79 Å². The SMILES string of the molecule is Cc1ccc(COc2ccc(Oc3cc(C)c(C=CC(=O)N4CCN(Cc5ccc(CCOc6ccc(C(C)C)cc6)cc5)CC4)cc3Cl)nc2)cc1. The van der Waals surface area contributed by atoms with Crippen LogP contribution in [0, 0.1) is 13.8 Å². The molecule has 2 heterocycles. The quantitative estimate of drug-likeness (QED) is 0.106. The Morgan fingerprint density at radius 2 is 1.49 bits per heavy atom. The summed E-state index contributed by atoms with van der Waals surface area (Å²) in [6, 6.07) is 32.7. The van der Waals surface area contributed by atoms with Gasteiger partial charge in [-0.1, -0.05) is 91.7 Å². The highest BCUT2D eigenvalue weighted by atomic mass is 35.5. The van der Waals surface area contributed by atoms with Crippen molar-refractivity contribution in [2.24, 2.45) is 0 Å². The summed E-state index contributed by atoms with van der Waals surface area (Å²) in [5.41, 5.74) is 7.95. The minimum atomic E-state index is -0.00294. The molecule has 0 radical (unpaired) electrons. The lowest BCUT2D eigenvalue weighted by Gasteiger charge is -2.34. The zero-order chi connectivity index (χ0) is 37.2. The van der Waals surface area contributed by atoms with Crippen molar-refractivity contribution in [2.75, 3.05) is 32.8 Å². The fourth-order valence-corrected chi connectivity index (χ4v) is 6.31. The van der Waals surface area contributed by atoms with E-state index < -0.39 is 0 Å². The first kappa shape index (κ1) is 37.6. The van der Waals surface area contributed by atoms with Crippen LogP contribution in [0.1, 0.15) is 58.7 Å². The second-order valence-corrected chi connectivity index (χ2v) is 14.3. The molecule has 1 amide bonds. The summed E-state index contributed by atoms with van der Waals surface area (Å²) in [5, 5.41) is 0.437. The van der Waals surface area contributed by atoms with Gasteiger partial charge in [-0.15, -0.1) is 0 Å². The molecule has 1 aromatic heterocycles. The second-order valence-electron chi connectivity index (χ2n) is 13.9. The van der Waals surface area contributed by atoms with E-state index in [1.54, 1.807) is 18.3 Å². The maximum absolute atomic E-state index is 13.1. The van der Waals surface area contributed by atoms with E-state index in [0.29, 0.717) is 54.6 Å². The number of hydrogen-bond donors (Lipinski definition) is 0. The van der Waals surface area contributed by atoms with Crippen molar-refractivity contribution in [2.45, 2.75) is 53.2 Å². The molecule has 274 valence electrons. The molecule has 0 bridgehead atoms. The molecule has 0 aliphatic carbocycles. The maximum Gasteiger partial charge on any atom is 0.246 e. The third-order valence-corrected chi connectivity index (χ3v) is 9.79. The van der Waals surface area contributed by atoms with Crippen LogP contribution >= 0.6 is 11.6 Å². The van der Waals surface area contributed by atoms with Gasteiger partial charge in [-0.25, -0.2) is 4.98 Å². The highest BCUT2D eigenvalue weighted by Crippen LogP contribution is 2.32. The summed E-state index contributed by atoms with van der Waals surface area (Å²) in [6.07, 6.45) is 5.96. The Labute approximate surface area is 318 Å². The first-order valence-corrected chi connectivity index (χ1v) is 18.7. The van der Waals surface area contributed by atoms with Gasteiger partial charge in [-0.2, -0.15) is 0 Å². The van der Waals surface area contributed by atoms with E-state index in [2.05, 4.69) is 103 Å². The Balaban J connectivity index is 0.922. The topological polar surface area (TPSA) is 64.1 Å². The number of rotatable bonds is 14. The van der Waals surface area contributed by atoms with Gasteiger partial charge in [0.25, 0.3) is 0 Å². The lowest BCUT2D eigenvalue weighted by Crippen LogP contribution is -2.47. The second kappa shape index (κ2) is 18.1. The van der Waals surface area contributed by atoms with Crippen molar-refractivity contribution >= 4 is 23.6 Å². The van der Waals surface area contributed by atoms with E-state index in [1.807, 2.05) is 36.1 Å². The molecule has 7 nitrogen and oxygen atoms in total. The fourth-order valence-electron chi connectivity index (χ4n) is 6.10. The molecule has 1 fully saturated rings. The van der Waals surface area contributed by atoms with Gasteiger partial charge >= 0.3 is 0 Å². The number of halogens is 1. The van der Waals surface area contributed by atoms with Crippen LogP contribution in [-0.2, 0) is 24.4 Å². The van der Waals surface area contributed by atoms with Crippen molar-refractivity contribution in [1.82, 2.24) is 14.8 Å². The lowest BCUT2D eigenvalue weighted by atomic mass is 10.0. The van der Waals surface area contributed by atoms with Crippen LogP contribution in [0.5, 0.6) is 23.1 Å². The molecule has 0 saturated carbocycles. The van der Waals surface area contributed by atoms with Gasteiger partial charge in [0.1, 0.15) is 23.9 Å². The number of pyridine rings is 1. The third kappa shape index (κ3) is 11.0. The predicted octanol–water partition coefficient (Wildman–Crippen LogP) is 9.83. The van der Waals surface area contributed by atoms with Crippen LogP contribution in [0.25, 0.3) is 6.08 Å². The number of amides is 1. The summed E-state index contributed by atoms with van der Waals surface area (Å²) < 4.78 is 17.8. The van der Waals surface area contributed by atoms with Gasteiger partial charge in [0.05, 0.1) is 17.8 Å². The van der Waals surface area contributed by atoms with Crippen LogP contribution in [0.3, 0.4) is 0 Å². The molecule has 1 aliphatic heterocycles. The number of hydrogen-bond acceptors (Lipinski definition) is 6. The molecule has 1 saturated heterocycles. The van der Waals surface area contributed by atoms with Crippen molar-refractivity contribution in [3.63, 3.8) is 0 Å². The van der Waals surface area contributed by atoms with Gasteiger partial charge in [0.2, 0.25) is 11.8 Å². The highest BCUT2D eigenvalue weighted by Gasteiger charge is 2.20. The molecule has 6 rings (SSSR count). The molecule has 0 unspecified atom stereocenters. The monoisotopic (exact) mass is 729 g/mol. The Bertz CT molecular complexity index is 1970. The minimum Gasteiger partial charge on any atom is -0.493 e. The van der Waals surface area contributed by atoms with Crippen molar-refractivity contribution in [3.8, 4) is 23.1 Å². The average Bonchev–Trinajstić information content (AvgIpc) is 3.17. The van der Waals surface area contributed by atoms with E-state index in [-0.39, 0.29) is 5.91 Å². The number of aryl methyl sites for hydroxylation is 2. The average molecular weight is 730 g/mol. The number of benzene rings is 4. The van der Waals surface area contributed by atoms with Gasteiger partial charge < -0.3 is 19.1 Å². The van der Waals surface area contributed by atoms with Crippen molar-refractivity contribution < 1.29 is 19.0 Å². The molecular formula is C45H48ClN3O4. The summed E-state index contributed by atoms with van der Waals surface area (Å²) >= 11 is 6.61. The van der Waals surface area contributed by atoms with E-state index >= 15 is 0 Å². The molecule has 0 atom stereocenters. The zero-order valence-electron chi connectivity index (χ0n) is 31.1. The van der Waals surface area contributed by atoms with E-state index in [4.69, 9.17) is 25.8 Å². The standard InChI is InChI=1S/C45H48ClN3O4/c1-32(2)38-13-16-40(17-14-38)51-26-21-35-9-11-36(12-10-35)30-48-22-24-49(25-23-48)45(50)20-15-39-28-42(46)43(27-34(39)4)53-44-19-18-41(29-47-44)52-31-37-7-5-33(3)6-8-37/h5-20,27-29,32H,21-26,30-31H2,1-4H3. The van der Waals surface area contributed by atoms with Crippen LogP contribution in [0.2, 0.25) is 5.02 Å². The Hall–Kier alpha value is -5.11. The summed E-state index contributed by atoms with van der Waals surface area (Å²) in [4.78, 5) is 21.8.